The summed E-state index contributed by atoms with van der Waals surface area (Å²) in [4.78, 5) is 0. The molecule has 1 heterocycles. The van der Waals surface area contributed by atoms with Gasteiger partial charge in [-0.25, -0.2) is 0 Å². The summed E-state index contributed by atoms with van der Waals surface area (Å²) in [5.74, 6) is 0.758. The second kappa shape index (κ2) is 3.30. The lowest BCUT2D eigenvalue weighted by molar-refractivity contribution is 0.465. The highest BCUT2D eigenvalue weighted by Gasteiger charge is 2.10. The van der Waals surface area contributed by atoms with E-state index in [1.54, 1.807) is 0 Å². The van der Waals surface area contributed by atoms with Gasteiger partial charge in [-0.15, -0.1) is 0 Å². The largest absolute Gasteiger partial charge is 0.508 e. The Kier molecular flexibility index (Phi) is 2.22. The van der Waals surface area contributed by atoms with Crippen LogP contribution in [0.1, 0.15) is 31.0 Å². The van der Waals surface area contributed by atoms with Gasteiger partial charge in [0.2, 0.25) is 0 Å². The number of hydrogen-bond acceptors (Lipinski definition) is 1. The van der Waals surface area contributed by atoms with Crippen LogP contribution in [0.3, 0.4) is 0 Å². The number of benzene rings is 1. The molecule has 1 aromatic heterocycles. The smallest absolute Gasteiger partial charge is 0.121 e. The van der Waals surface area contributed by atoms with Crippen LogP contribution in [-0.2, 0) is 7.05 Å². The number of nitrogens with zero attached hydrogens (tertiary/aromatic N) is 1. The first kappa shape index (κ1) is 10.1. The van der Waals surface area contributed by atoms with Crippen LogP contribution in [0.15, 0.2) is 18.2 Å². The van der Waals surface area contributed by atoms with Crippen molar-refractivity contribution in [1.29, 1.82) is 0 Å². The molecule has 2 nitrogen and oxygen atoms in total. The van der Waals surface area contributed by atoms with E-state index in [1.807, 2.05) is 13.1 Å². The second-order valence-electron chi connectivity index (χ2n) is 4.47. The zero-order chi connectivity index (χ0) is 11.2. The number of aromatic hydroxyl groups is 1. The molecule has 2 heteroatoms. The highest BCUT2D eigenvalue weighted by molar-refractivity contribution is 5.84. The minimum Gasteiger partial charge on any atom is -0.508 e. The Balaban J connectivity index is 2.76. The topological polar surface area (TPSA) is 25.2 Å². The summed E-state index contributed by atoms with van der Waals surface area (Å²) < 4.78 is 2.10. The quantitative estimate of drug-likeness (QED) is 0.755. The number of phenolic OH excluding ortho intramolecular Hbond substituents is 1. The third-order valence-corrected chi connectivity index (χ3v) is 3.05. The predicted octanol–water partition coefficient (Wildman–Crippen LogP) is 3.32. The minimum atomic E-state index is 0.356. The minimum absolute atomic E-state index is 0.356. The molecule has 0 amide bonds. The maximum absolute atomic E-state index is 9.90. The van der Waals surface area contributed by atoms with Crippen molar-refractivity contribution < 1.29 is 5.11 Å². The average Bonchev–Trinajstić information content (AvgIpc) is 2.43. The zero-order valence-corrected chi connectivity index (χ0v) is 9.70. The molecule has 2 rings (SSSR count). The fourth-order valence-electron chi connectivity index (χ4n) is 1.99. The first-order chi connectivity index (χ1) is 7.00. The summed E-state index contributed by atoms with van der Waals surface area (Å²) in [5, 5.41) is 11.1. The normalized spacial score (nSPS) is 11.5. The molecule has 1 aromatic carbocycles. The van der Waals surface area contributed by atoms with Crippen molar-refractivity contribution in [1.82, 2.24) is 4.57 Å². The van der Waals surface area contributed by atoms with E-state index >= 15 is 0 Å². The lowest BCUT2D eigenvalue weighted by Gasteiger charge is -2.09. The number of rotatable bonds is 1. The average molecular weight is 203 g/mol. The Morgan fingerprint density at radius 3 is 2.47 bits per heavy atom. The number of fused-ring (bicyclic) bond motifs is 1. The fourth-order valence-corrected chi connectivity index (χ4v) is 1.99. The van der Waals surface area contributed by atoms with Gasteiger partial charge in [-0.05, 0) is 30.5 Å². The molecule has 0 fully saturated rings. The number of aromatic nitrogens is 1. The summed E-state index contributed by atoms with van der Waals surface area (Å²) in [5.41, 5.74) is 3.33. The Labute approximate surface area is 90.2 Å². The Morgan fingerprint density at radius 1 is 1.20 bits per heavy atom. The van der Waals surface area contributed by atoms with Crippen molar-refractivity contribution in [2.75, 3.05) is 0 Å². The van der Waals surface area contributed by atoms with Gasteiger partial charge in [0, 0.05) is 24.2 Å². The molecule has 1 N–H and O–H groups in total. The van der Waals surface area contributed by atoms with E-state index in [-0.39, 0.29) is 0 Å². The summed E-state index contributed by atoms with van der Waals surface area (Å²) in [6, 6.07) is 6.10. The molecule has 0 spiro atoms. The van der Waals surface area contributed by atoms with Crippen molar-refractivity contribution in [2.24, 2.45) is 7.05 Å². The van der Waals surface area contributed by atoms with Crippen molar-refractivity contribution in [2.45, 2.75) is 26.7 Å². The van der Waals surface area contributed by atoms with Gasteiger partial charge >= 0.3 is 0 Å². The van der Waals surface area contributed by atoms with E-state index in [4.69, 9.17) is 0 Å². The highest BCUT2D eigenvalue weighted by atomic mass is 16.3. The van der Waals surface area contributed by atoms with Gasteiger partial charge in [0.25, 0.3) is 0 Å². The number of hydrogen-bond donors (Lipinski definition) is 1. The lowest BCUT2D eigenvalue weighted by atomic mass is 10.0. The van der Waals surface area contributed by atoms with Gasteiger partial charge in [0.1, 0.15) is 5.75 Å². The van der Waals surface area contributed by atoms with E-state index in [0.29, 0.717) is 11.7 Å². The SMILES string of the molecule is Cc1cc2cc(C(C)C)c(O)cc2n1C. The Morgan fingerprint density at radius 2 is 1.87 bits per heavy atom. The van der Waals surface area contributed by atoms with Gasteiger partial charge in [-0.3, -0.25) is 0 Å². The van der Waals surface area contributed by atoms with Crippen molar-refractivity contribution in [3.05, 3.63) is 29.5 Å². The van der Waals surface area contributed by atoms with Gasteiger partial charge in [0.05, 0.1) is 5.52 Å². The van der Waals surface area contributed by atoms with Crippen LogP contribution in [0, 0.1) is 6.92 Å². The van der Waals surface area contributed by atoms with Gasteiger partial charge in [0.15, 0.2) is 0 Å². The number of aryl methyl sites for hydroxylation is 2. The summed E-state index contributed by atoms with van der Waals surface area (Å²) in [7, 11) is 2.02. The molecule has 0 aliphatic rings. The van der Waals surface area contributed by atoms with Crippen LogP contribution in [-0.4, -0.2) is 9.67 Å². The molecule has 15 heavy (non-hydrogen) atoms. The maximum Gasteiger partial charge on any atom is 0.121 e. The molecule has 2 aromatic rings. The van der Waals surface area contributed by atoms with E-state index in [2.05, 4.69) is 37.5 Å². The molecule has 0 aliphatic heterocycles. The zero-order valence-electron chi connectivity index (χ0n) is 9.70. The van der Waals surface area contributed by atoms with Crippen molar-refractivity contribution >= 4 is 10.9 Å². The molecule has 0 saturated heterocycles. The van der Waals surface area contributed by atoms with E-state index in [0.717, 1.165) is 11.1 Å². The van der Waals surface area contributed by atoms with Gasteiger partial charge < -0.3 is 9.67 Å². The second-order valence-corrected chi connectivity index (χ2v) is 4.47. The monoisotopic (exact) mass is 203 g/mol. The van der Waals surface area contributed by atoms with Gasteiger partial charge in [-0.1, -0.05) is 13.8 Å². The molecular weight excluding hydrogens is 186 g/mol. The van der Waals surface area contributed by atoms with Crippen LogP contribution in [0.5, 0.6) is 5.75 Å². The van der Waals surface area contributed by atoms with Crippen LogP contribution >= 0.6 is 0 Å². The Bertz CT molecular complexity index is 509. The summed E-state index contributed by atoms with van der Waals surface area (Å²) in [6.07, 6.45) is 0. The van der Waals surface area contributed by atoms with Crippen LogP contribution in [0.4, 0.5) is 0 Å². The molecule has 0 radical (unpaired) electrons. The molecule has 0 aliphatic carbocycles. The molecule has 0 bridgehead atoms. The summed E-state index contributed by atoms with van der Waals surface area (Å²) >= 11 is 0. The Hall–Kier alpha value is -1.44. The van der Waals surface area contributed by atoms with E-state index < -0.39 is 0 Å². The molecular formula is C13H17NO. The van der Waals surface area contributed by atoms with E-state index in [9.17, 15) is 5.11 Å². The van der Waals surface area contributed by atoms with Crippen LogP contribution < -0.4 is 0 Å². The first-order valence-electron chi connectivity index (χ1n) is 5.29. The maximum atomic E-state index is 9.90. The molecule has 0 atom stereocenters. The van der Waals surface area contributed by atoms with Gasteiger partial charge in [-0.2, -0.15) is 0 Å². The molecule has 0 saturated carbocycles. The van der Waals surface area contributed by atoms with Crippen molar-refractivity contribution in [3.63, 3.8) is 0 Å². The van der Waals surface area contributed by atoms with Crippen molar-refractivity contribution in [3.8, 4) is 5.75 Å². The third kappa shape index (κ3) is 1.50. The fraction of sp³-hybridized carbons (Fsp3) is 0.385. The molecule has 0 unspecified atom stereocenters. The first-order valence-corrected chi connectivity index (χ1v) is 5.29. The highest BCUT2D eigenvalue weighted by Crippen LogP contribution is 2.31. The van der Waals surface area contributed by atoms with E-state index in [1.165, 1.54) is 11.1 Å². The predicted molar refractivity (Wildman–Crippen MR) is 63.4 cm³/mol. The third-order valence-electron chi connectivity index (χ3n) is 3.05. The lowest BCUT2D eigenvalue weighted by Crippen LogP contribution is -1.91. The number of phenols is 1. The van der Waals surface area contributed by atoms with Crippen LogP contribution in [0.2, 0.25) is 0 Å². The van der Waals surface area contributed by atoms with Crippen LogP contribution in [0.25, 0.3) is 10.9 Å². The standard InChI is InChI=1S/C13H17NO/c1-8(2)11-6-10-5-9(3)14(4)12(10)7-13(11)15/h5-8,15H,1-4H3. The summed E-state index contributed by atoms with van der Waals surface area (Å²) in [6.45, 7) is 6.26. The molecule has 80 valence electrons.